The number of aromatic hydroxyl groups is 1. The van der Waals surface area contributed by atoms with Gasteiger partial charge in [-0.1, -0.05) is 54.6 Å². The van der Waals surface area contributed by atoms with E-state index in [1.807, 2.05) is 48.5 Å². The summed E-state index contributed by atoms with van der Waals surface area (Å²) in [6, 6.07) is 26.1. The van der Waals surface area contributed by atoms with E-state index in [-0.39, 0.29) is 11.5 Å². The zero-order valence-electron chi connectivity index (χ0n) is 17.1. The molecule has 0 radical (unpaired) electrons. The zero-order valence-corrected chi connectivity index (χ0v) is 17.1. The van der Waals surface area contributed by atoms with Crippen molar-refractivity contribution in [1.82, 2.24) is 0 Å². The van der Waals surface area contributed by atoms with E-state index >= 15 is 0 Å². The normalized spacial score (nSPS) is 11.0. The molecule has 0 aliphatic heterocycles. The van der Waals surface area contributed by atoms with Gasteiger partial charge in [0.05, 0.1) is 7.11 Å². The molecular weight excluding hydrogens is 388 g/mol. The number of fused-ring (bicyclic) bond motifs is 1. The number of phenolic OH excluding ortho intramolecular Hbond substituents is 1. The summed E-state index contributed by atoms with van der Waals surface area (Å²) < 4.78 is 11.5. The molecule has 0 amide bonds. The highest BCUT2D eigenvalue weighted by Gasteiger charge is 2.07. The van der Waals surface area contributed by atoms with Gasteiger partial charge in [0.1, 0.15) is 23.9 Å². The highest BCUT2D eigenvalue weighted by Crippen LogP contribution is 2.25. The molecule has 0 atom stereocenters. The van der Waals surface area contributed by atoms with Crippen molar-refractivity contribution in [3.8, 4) is 17.2 Å². The van der Waals surface area contributed by atoms with Crippen LogP contribution in [0.5, 0.6) is 17.2 Å². The lowest BCUT2D eigenvalue weighted by atomic mass is 10.1. The third-order valence-electron chi connectivity index (χ3n) is 4.98. The first-order valence-electron chi connectivity index (χ1n) is 9.92. The maximum Gasteiger partial charge on any atom is 0.185 e. The summed E-state index contributed by atoms with van der Waals surface area (Å²) in [6.45, 7) is 0.337. The number of carbonyl (C=O) groups is 1. The fourth-order valence-electron chi connectivity index (χ4n) is 3.36. The number of ketones is 1. The Morgan fingerprint density at radius 2 is 1.74 bits per heavy atom. The lowest BCUT2D eigenvalue weighted by Crippen LogP contribution is -1.99. The van der Waals surface area contributed by atoms with Crippen LogP contribution in [0, 0.1) is 0 Å². The molecule has 0 aliphatic carbocycles. The van der Waals surface area contributed by atoms with Crippen molar-refractivity contribution in [2.24, 2.45) is 0 Å². The molecule has 0 heterocycles. The first-order valence-corrected chi connectivity index (χ1v) is 9.92. The van der Waals surface area contributed by atoms with Gasteiger partial charge in [-0.15, -0.1) is 0 Å². The second kappa shape index (κ2) is 9.18. The Labute approximate surface area is 181 Å². The van der Waals surface area contributed by atoms with Crippen molar-refractivity contribution in [3.05, 3.63) is 108 Å². The maximum absolute atomic E-state index is 12.3. The minimum Gasteiger partial charge on any atom is -0.508 e. The third kappa shape index (κ3) is 4.93. The minimum absolute atomic E-state index is 0.0665. The maximum atomic E-state index is 12.3. The topological polar surface area (TPSA) is 55.8 Å². The van der Waals surface area contributed by atoms with E-state index in [1.54, 1.807) is 25.3 Å². The molecule has 0 aromatic heterocycles. The lowest BCUT2D eigenvalue weighted by molar-refractivity contribution is 0.104. The number of phenols is 1. The summed E-state index contributed by atoms with van der Waals surface area (Å²) in [6.07, 6.45) is 3.23. The number of hydrogen-bond acceptors (Lipinski definition) is 4. The van der Waals surface area contributed by atoms with E-state index in [0.29, 0.717) is 12.2 Å². The molecule has 0 saturated carbocycles. The number of carbonyl (C=O) groups excluding carboxylic acids is 1. The molecule has 4 heteroatoms. The van der Waals surface area contributed by atoms with Crippen molar-refractivity contribution < 1.29 is 19.4 Å². The Balaban J connectivity index is 1.50. The van der Waals surface area contributed by atoms with Crippen LogP contribution in [0.2, 0.25) is 0 Å². The van der Waals surface area contributed by atoms with Gasteiger partial charge in [0, 0.05) is 11.1 Å². The van der Waals surface area contributed by atoms with Gasteiger partial charge in [-0.25, -0.2) is 0 Å². The van der Waals surface area contributed by atoms with Crippen LogP contribution >= 0.6 is 0 Å². The predicted molar refractivity (Wildman–Crippen MR) is 123 cm³/mol. The van der Waals surface area contributed by atoms with Crippen LogP contribution in [0.3, 0.4) is 0 Å². The molecule has 0 saturated heterocycles. The first-order chi connectivity index (χ1) is 15.1. The molecule has 31 heavy (non-hydrogen) atoms. The van der Waals surface area contributed by atoms with Crippen molar-refractivity contribution >= 4 is 22.6 Å². The molecular formula is C27H22O4. The van der Waals surface area contributed by atoms with Crippen molar-refractivity contribution in [2.75, 3.05) is 7.11 Å². The number of hydrogen-bond donors (Lipinski definition) is 1. The van der Waals surface area contributed by atoms with E-state index in [0.717, 1.165) is 33.4 Å². The zero-order chi connectivity index (χ0) is 21.6. The molecule has 154 valence electrons. The minimum atomic E-state index is -0.180. The summed E-state index contributed by atoms with van der Waals surface area (Å²) in [5.41, 5.74) is 2.17. The Morgan fingerprint density at radius 1 is 0.903 bits per heavy atom. The molecule has 0 aliphatic rings. The van der Waals surface area contributed by atoms with Crippen LogP contribution in [0.4, 0.5) is 0 Å². The first kappa shape index (κ1) is 20.2. The van der Waals surface area contributed by atoms with Gasteiger partial charge in [0.25, 0.3) is 0 Å². The van der Waals surface area contributed by atoms with Gasteiger partial charge in [-0.05, 0) is 58.8 Å². The standard InChI is InChI=1S/C27H22O4/c1-30-27-14-10-19(9-13-26(29)22-7-4-8-24(28)16-22)15-23(27)18-31-25-12-11-20-5-2-3-6-21(20)17-25/h2-17,28H,18H2,1H3/b13-9+. The summed E-state index contributed by atoms with van der Waals surface area (Å²) in [4.78, 5) is 12.3. The van der Waals surface area contributed by atoms with Gasteiger partial charge in [-0.3, -0.25) is 4.79 Å². The molecule has 0 spiro atoms. The average molecular weight is 410 g/mol. The van der Waals surface area contributed by atoms with Gasteiger partial charge in [0.2, 0.25) is 0 Å². The number of benzene rings is 4. The smallest absolute Gasteiger partial charge is 0.185 e. The van der Waals surface area contributed by atoms with E-state index < -0.39 is 0 Å². The fraction of sp³-hybridized carbons (Fsp3) is 0.0741. The second-order valence-electron chi connectivity index (χ2n) is 7.12. The van der Waals surface area contributed by atoms with Gasteiger partial charge >= 0.3 is 0 Å². The summed E-state index contributed by atoms with van der Waals surface area (Å²) in [5.74, 6) is 1.38. The highest BCUT2D eigenvalue weighted by molar-refractivity contribution is 6.07. The number of methoxy groups -OCH3 is 1. The van der Waals surface area contributed by atoms with Crippen LogP contribution in [0.25, 0.3) is 16.8 Å². The van der Waals surface area contributed by atoms with Gasteiger partial charge < -0.3 is 14.6 Å². The third-order valence-corrected chi connectivity index (χ3v) is 4.98. The SMILES string of the molecule is COc1ccc(/C=C/C(=O)c2cccc(O)c2)cc1COc1ccc2ccccc2c1. The quantitative estimate of drug-likeness (QED) is 0.299. The summed E-state index contributed by atoms with van der Waals surface area (Å²) in [5, 5.41) is 11.8. The van der Waals surface area contributed by atoms with E-state index in [4.69, 9.17) is 9.47 Å². The molecule has 4 nitrogen and oxygen atoms in total. The largest absolute Gasteiger partial charge is 0.508 e. The Hall–Kier alpha value is -4.05. The molecule has 1 N–H and O–H groups in total. The molecule has 4 rings (SSSR count). The predicted octanol–water partition coefficient (Wildman–Crippen LogP) is 6.03. The van der Waals surface area contributed by atoms with Crippen molar-refractivity contribution in [3.63, 3.8) is 0 Å². The van der Waals surface area contributed by atoms with Gasteiger partial charge in [0.15, 0.2) is 5.78 Å². The summed E-state index contributed by atoms with van der Waals surface area (Å²) >= 11 is 0. The van der Waals surface area contributed by atoms with Crippen LogP contribution in [-0.2, 0) is 6.61 Å². The van der Waals surface area contributed by atoms with E-state index in [1.165, 1.54) is 18.2 Å². The fourth-order valence-corrected chi connectivity index (χ4v) is 3.36. The van der Waals surface area contributed by atoms with Crippen LogP contribution in [0.15, 0.2) is 91.0 Å². The monoisotopic (exact) mass is 410 g/mol. The average Bonchev–Trinajstić information content (AvgIpc) is 2.81. The van der Waals surface area contributed by atoms with Crippen molar-refractivity contribution in [1.29, 1.82) is 0 Å². The van der Waals surface area contributed by atoms with E-state index in [9.17, 15) is 9.90 Å². The lowest BCUT2D eigenvalue weighted by Gasteiger charge is -2.12. The number of rotatable bonds is 7. The van der Waals surface area contributed by atoms with Crippen molar-refractivity contribution in [2.45, 2.75) is 6.61 Å². The van der Waals surface area contributed by atoms with Gasteiger partial charge in [-0.2, -0.15) is 0 Å². The van der Waals surface area contributed by atoms with Crippen LogP contribution in [-0.4, -0.2) is 18.0 Å². The molecule has 0 fully saturated rings. The van der Waals surface area contributed by atoms with Crippen LogP contribution in [0.1, 0.15) is 21.5 Å². The number of allylic oxidation sites excluding steroid dienone is 1. The molecule has 4 aromatic carbocycles. The molecule has 0 unspecified atom stereocenters. The highest BCUT2D eigenvalue weighted by atomic mass is 16.5. The molecule has 0 bridgehead atoms. The molecule has 4 aromatic rings. The Morgan fingerprint density at radius 3 is 2.55 bits per heavy atom. The second-order valence-corrected chi connectivity index (χ2v) is 7.12. The Kier molecular flexibility index (Phi) is 5.99. The Bertz CT molecular complexity index is 1260. The van der Waals surface area contributed by atoms with E-state index in [2.05, 4.69) is 12.1 Å². The summed E-state index contributed by atoms with van der Waals surface area (Å²) in [7, 11) is 1.62. The van der Waals surface area contributed by atoms with Crippen LogP contribution < -0.4 is 9.47 Å². The number of ether oxygens (including phenoxy) is 2.